The van der Waals surface area contributed by atoms with Gasteiger partial charge in [0.15, 0.2) is 12.3 Å². The lowest BCUT2D eigenvalue weighted by Gasteiger charge is -2.39. The number of ether oxygens (including phenoxy) is 3. The van der Waals surface area contributed by atoms with Gasteiger partial charge in [-0.15, -0.1) is 0 Å². The second kappa shape index (κ2) is 7.84. The molecule has 27 heavy (non-hydrogen) atoms. The van der Waals surface area contributed by atoms with Crippen LogP contribution in [0.5, 0.6) is 0 Å². The van der Waals surface area contributed by atoms with E-state index in [0.717, 1.165) is 6.42 Å². The lowest BCUT2D eigenvalue weighted by atomic mass is 9.94. The summed E-state index contributed by atoms with van der Waals surface area (Å²) >= 11 is 0. The van der Waals surface area contributed by atoms with Crippen molar-refractivity contribution in [1.29, 1.82) is 0 Å². The summed E-state index contributed by atoms with van der Waals surface area (Å²) in [5.74, 6) is 0. The molecule has 0 amide bonds. The Labute approximate surface area is 157 Å². The molecule has 152 valence electrons. The van der Waals surface area contributed by atoms with Gasteiger partial charge in [0, 0.05) is 11.8 Å². The number of nitrogens with zero attached hydrogens (tertiary/aromatic N) is 1. The second-order valence-corrected chi connectivity index (χ2v) is 7.59. The third kappa shape index (κ3) is 3.88. The van der Waals surface area contributed by atoms with Crippen LogP contribution in [0.1, 0.15) is 45.9 Å². The highest BCUT2D eigenvalue weighted by Crippen LogP contribution is 2.43. The Kier molecular flexibility index (Phi) is 5.87. The van der Waals surface area contributed by atoms with Crippen molar-refractivity contribution in [3.63, 3.8) is 0 Å². The SMILES string of the molecule is CCC(C)OC[C@]12CNOC(C1OC(C)C)[C@H](n1cc(C)c(=O)[nH]c1=O)O2. The second-order valence-electron chi connectivity index (χ2n) is 7.59. The summed E-state index contributed by atoms with van der Waals surface area (Å²) in [6, 6.07) is 0. The monoisotopic (exact) mass is 383 g/mol. The number of aromatic amines is 1. The van der Waals surface area contributed by atoms with E-state index in [4.69, 9.17) is 19.0 Å². The van der Waals surface area contributed by atoms with E-state index in [9.17, 15) is 9.59 Å². The number of nitrogens with one attached hydrogen (secondary N) is 2. The molecule has 3 unspecified atom stereocenters. The Bertz CT molecular complexity index is 775. The number of rotatable bonds is 7. The van der Waals surface area contributed by atoms with Crippen LogP contribution in [0.15, 0.2) is 15.8 Å². The third-order valence-electron chi connectivity index (χ3n) is 5.07. The predicted molar refractivity (Wildman–Crippen MR) is 97.5 cm³/mol. The zero-order valence-corrected chi connectivity index (χ0v) is 16.5. The highest BCUT2D eigenvalue weighted by molar-refractivity contribution is 5.09. The summed E-state index contributed by atoms with van der Waals surface area (Å²) in [5, 5.41) is 0. The maximum Gasteiger partial charge on any atom is 0.330 e. The van der Waals surface area contributed by atoms with Crippen LogP contribution in [0, 0.1) is 6.92 Å². The first-order valence-electron chi connectivity index (χ1n) is 9.43. The molecule has 5 atom stereocenters. The Hall–Kier alpha value is -1.52. The van der Waals surface area contributed by atoms with Crippen molar-refractivity contribution in [2.75, 3.05) is 13.2 Å². The van der Waals surface area contributed by atoms with Crippen LogP contribution in [-0.4, -0.2) is 52.7 Å². The van der Waals surface area contributed by atoms with Crippen molar-refractivity contribution >= 4 is 0 Å². The van der Waals surface area contributed by atoms with Crippen LogP contribution >= 0.6 is 0 Å². The van der Waals surface area contributed by atoms with E-state index in [1.54, 1.807) is 6.92 Å². The number of hydroxylamine groups is 1. The average Bonchev–Trinajstić information content (AvgIpc) is 2.78. The highest BCUT2D eigenvalue weighted by atomic mass is 16.7. The summed E-state index contributed by atoms with van der Waals surface area (Å²) in [5.41, 5.74) is 1.56. The molecule has 2 aliphatic heterocycles. The molecular weight excluding hydrogens is 354 g/mol. The summed E-state index contributed by atoms with van der Waals surface area (Å²) in [4.78, 5) is 32.2. The van der Waals surface area contributed by atoms with Crippen molar-refractivity contribution in [2.24, 2.45) is 0 Å². The van der Waals surface area contributed by atoms with Gasteiger partial charge in [-0.3, -0.25) is 19.2 Å². The number of hydrogen-bond acceptors (Lipinski definition) is 7. The molecule has 0 saturated carbocycles. The van der Waals surface area contributed by atoms with Crippen LogP contribution in [0.3, 0.4) is 0 Å². The molecule has 0 aliphatic carbocycles. The average molecular weight is 383 g/mol. The Morgan fingerprint density at radius 1 is 1.37 bits per heavy atom. The standard InChI is InChI=1S/C18H29N3O6/c1-6-12(5)24-9-18-8-19-27-13(14(18)25-10(2)3)16(26-18)21-7-11(4)15(22)20-17(21)23/h7,10,12-14,16,19H,6,8-9H2,1-5H3,(H,20,22,23)/t12?,13?,14?,16-,18-/m1/s1. The Morgan fingerprint density at radius 3 is 2.78 bits per heavy atom. The van der Waals surface area contributed by atoms with E-state index in [1.807, 2.05) is 20.8 Å². The number of fused-ring (bicyclic) bond motifs is 2. The Balaban J connectivity index is 1.97. The highest BCUT2D eigenvalue weighted by Gasteiger charge is 2.61. The normalized spacial score (nSPS) is 31.4. The lowest BCUT2D eigenvalue weighted by Crippen LogP contribution is -2.60. The molecule has 2 aliphatic rings. The van der Waals surface area contributed by atoms with Crippen LogP contribution in [0.4, 0.5) is 0 Å². The maximum absolute atomic E-state index is 12.4. The molecule has 1 aromatic heterocycles. The number of hydrogen-bond donors (Lipinski definition) is 2. The minimum Gasteiger partial charge on any atom is -0.375 e. The fourth-order valence-electron chi connectivity index (χ4n) is 3.40. The van der Waals surface area contributed by atoms with E-state index in [2.05, 4.69) is 17.4 Å². The molecule has 2 bridgehead atoms. The van der Waals surface area contributed by atoms with Gasteiger partial charge in [-0.05, 0) is 34.1 Å². The minimum absolute atomic E-state index is 0.0569. The van der Waals surface area contributed by atoms with E-state index in [-0.39, 0.29) is 12.2 Å². The smallest absolute Gasteiger partial charge is 0.330 e. The summed E-state index contributed by atoms with van der Waals surface area (Å²) < 4.78 is 19.8. The molecule has 3 heterocycles. The van der Waals surface area contributed by atoms with Crippen LogP contribution in [-0.2, 0) is 19.0 Å². The van der Waals surface area contributed by atoms with E-state index >= 15 is 0 Å². The van der Waals surface area contributed by atoms with Gasteiger partial charge in [0.25, 0.3) is 5.56 Å². The van der Waals surface area contributed by atoms with Crippen molar-refractivity contribution in [3.05, 3.63) is 32.6 Å². The van der Waals surface area contributed by atoms with Gasteiger partial charge >= 0.3 is 5.69 Å². The number of H-pyrrole nitrogens is 1. The fraction of sp³-hybridized carbons (Fsp3) is 0.778. The maximum atomic E-state index is 12.4. The zero-order chi connectivity index (χ0) is 19.8. The first-order valence-corrected chi connectivity index (χ1v) is 9.43. The van der Waals surface area contributed by atoms with Crippen molar-refractivity contribution in [3.8, 4) is 0 Å². The molecule has 2 fully saturated rings. The van der Waals surface area contributed by atoms with Gasteiger partial charge in [0.2, 0.25) is 0 Å². The molecule has 0 spiro atoms. The van der Waals surface area contributed by atoms with Crippen LogP contribution in [0.2, 0.25) is 0 Å². The zero-order valence-electron chi connectivity index (χ0n) is 16.5. The van der Waals surface area contributed by atoms with Gasteiger partial charge in [-0.25, -0.2) is 4.79 Å². The summed E-state index contributed by atoms with van der Waals surface area (Å²) in [6.07, 6.45) is 0.649. The number of aryl methyl sites for hydroxylation is 1. The molecule has 0 aromatic carbocycles. The first-order chi connectivity index (χ1) is 12.8. The third-order valence-corrected chi connectivity index (χ3v) is 5.07. The quantitative estimate of drug-likeness (QED) is 0.711. The van der Waals surface area contributed by atoms with Crippen molar-refractivity contribution in [1.82, 2.24) is 15.0 Å². The molecule has 0 radical (unpaired) electrons. The topological polar surface area (TPSA) is 104 Å². The van der Waals surface area contributed by atoms with Gasteiger partial charge in [0.05, 0.1) is 25.4 Å². The fourth-order valence-corrected chi connectivity index (χ4v) is 3.40. The molecule has 2 saturated heterocycles. The molecule has 2 N–H and O–H groups in total. The van der Waals surface area contributed by atoms with Crippen molar-refractivity contribution in [2.45, 2.75) is 77.3 Å². The lowest BCUT2D eigenvalue weighted by molar-refractivity contribution is -0.201. The minimum atomic E-state index is -0.801. The largest absolute Gasteiger partial charge is 0.375 e. The molecular formula is C18H29N3O6. The summed E-state index contributed by atoms with van der Waals surface area (Å²) in [7, 11) is 0. The Morgan fingerprint density at radius 2 is 2.11 bits per heavy atom. The molecule has 9 heteroatoms. The van der Waals surface area contributed by atoms with Crippen LogP contribution < -0.4 is 16.7 Å². The van der Waals surface area contributed by atoms with Crippen molar-refractivity contribution < 1.29 is 19.0 Å². The van der Waals surface area contributed by atoms with E-state index in [1.165, 1.54) is 10.8 Å². The van der Waals surface area contributed by atoms with Gasteiger partial charge in [-0.2, -0.15) is 5.48 Å². The van der Waals surface area contributed by atoms with Gasteiger partial charge < -0.3 is 14.2 Å². The summed E-state index contributed by atoms with van der Waals surface area (Å²) in [6.45, 7) is 10.2. The predicted octanol–water partition coefficient (Wildman–Crippen LogP) is 0.625. The molecule has 1 aromatic rings. The molecule has 9 nitrogen and oxygen atoms in total. The first kappa shape index (κ1) is 20.2. The van der Waals surface area contributed by atoms with E-state index in [0.29, 0.717) is 18.7 Å². The van der Waals surface area contributed by atoms with Gasteiger partial charge in [0.1, 0.15) is 11.7 Å². The number of aromatic nitrogens is 2. The molecule has 3 rings (SSSR count). The van der Waals surface area contributed by atoms with E-state index < -0.39 is 35.3 Å². The van der Waals surface area contributed by atoms with Crippen LogP contribution in [0.25, 0.3) is 0 Å². The van der Waals surface area contributed by atoms with Gasteiger partial charge in [-0.1, -0.05) is 6.92 Å².